The van der Waals surface area contributed by atoms with Gasteiger partial charge in [0.25, 0.3) is 11.8 Å². The van der Waals surface area contributed by atoms with Crippen LogP contribution in [0.25, 0.3) is 0 Å². The van der Waals surface area contributed by atoms with E-state index in [1.54, 1.807) is 26.0 Å². The molecular weight excluding hydrogens is 404 g/mol. The summed E-state index contributed by atoms with van der Waals surface area (Å²) in [4.78, 5) is 20.5. The van der Waals surface area contributed by atoms with E-state index < -0.39 is 17.4 Å². The van der Waals surface area contributed by atoms with Crippen molar-refractivity contribution in [3.63, 3.8) is 0 Å². The maximum Gasteiger partial charge on any atom is 0.270 e. The van der Waals surface area contributed by atoms with Crippen molar-refractivity contribution in [1.29, 1.82) is 0 Å². The van der Waals surface area contributed by atoms with Gasteiger partial charge in [-0.2, -0.15) is 0 Å². The highest BCUT2D eigenvalue weighted by molar-refractivity contribution is 5.96. The van der Waals surface area contributed by atoms with Gasteiger partial charge in [0, 0.05) is 25.2 Å². The number of aromatic nitrogens is 2. The molecule has 1 heterocycles. The number of carbonyl (C=O) groups is 1. The van der Waals surface area contributed by atoms with Crippen molar-refractivity contribution in [1.82, 2.24) is 15.3 Å². The average molecular weight is 427 g/mol. The highest BCUT2D eigenvalue weighted by atomic mass is 19.3. The van der Waals surface area contributed by atoms with Crippen LogP contribution >= 0.6 is 0 Å². The summed E-state index contributed by atoms with van der Waals surface area (Å²) in [5.74, 6) is -3.40. The Morgan fingerprint density at radius 3 is 2.45 bits per heavy atom. The highest BCUT2D eigenvalue weighted by Gasteiger charge is 2.25. The first-order chi connectivity index (χ1) is 14.5. The number of hydrogen-bond acceptors (Lipinski definition) is 5. The summed E-state index contributed by atoms with van der Waals surface area (Å²) in [5.41, 5.74) is 0.506. The Labute approximate surface area is 178 Å². The lowest BCUT2D eigenvalue weighted by molar-refractivity contribution is 0.0172. The zero-order valence-electron chi connectivity index (χ0n) is 17.4. The fourth-order valence-electron chi connectivity index (χ4n) is 2.81. The standard InChI is InChI=1S/C23H23F2N3O3/c1-22(2,30)16-9-7-15(8-10-16)12-27-20(29)19-13-26-14-28-21(19)31-18-6-4-5-17(11-18)23(3,24)25/h4-11,13-14,30H,12H2,1-3H3,(H,27,29). The van der Waals surface area contributed by atoms with E-state index in [2.05, 4.69) is 15.3 Å². The van der Waals surface area contributed by atoms with Crippen LogP contribution in [0.4, 0.5) is 8.78 Å². The molecule has 0 spiro atoms. The van der Waals surface area contributed by atoms with E-state index in [4.69, 9.17) is 4.74 Å². The van der Waals surface area contributed by atoms with Crippen molar-refractivity contribution >= 4 is 5.91 Å². The summed E-state index contributed by atoms with van der Waals surface area (Å²) in [6.07, 6.45) is 2.51. The molecule has 2 aromatic carbocycles. The molecule has 162 valence electrons. The Balaban J connectivity index is 1.72. The van der Waals surface area contributed by atoms with Crippen LogP contribution < -0.4 is 10.1 Å². The number of nitrogens with one attached hydrogen (secondary N) is 1. The van der Waals surface area contributed by atoms with Crippen LogP contribution in [0.1, 0.15) is 47.8 Å². The number of carbonyl (C=O) groups excluding carboxylic acids is 1. The minimum atomic E-state index is -3.02. The highest BCUT2D eigenvalue weighted by Crippen LogP contribution is 2.31. The monoisotopic (exact) mass is 427 g/mol. The molecule has 0 saturated heterocycles. The molecule has 0 bridgehead atoms. The second kappa shape index (κ2) is 8.77. The number of aliphatic hydroxyl groups is 1. The molecule has 0 atom stereocenters. The average Bonchev–Trinajstić information content (AvgIpc) is 2.72. The van der Waals surface area contributed by atoms with Crippen LogP contribution in [0.15, 0.2) is 61.1 Å². The van der Waals surface area contributed by atoms with Crippen LogP contribution in [0, 0.1) is 0 Å². The first-order valence-corrected chi connectivity index (χ1v) is 9.60. The van der Waals surface area contributed by atoms with E-state index in [9.17, 15) is 18.7 Å². The van der Waals surface area contributed by atoms with Crippen molar-refractivity contribution in [3.05, 3.63) is 83.3 Å². The van der Waals surface area contributed by atoms with Crippen molar-refractivity contribution in [2.75, 3.05) is 0 Å². The largest absolute Gasteiger partial charge is 0.438 e. The van der Waals surface area contributed by atoms with E-state index in [0.717, 1.165) is 18.1 Å². The molecule has 0 aliphatic heterocycles. The number of alkyl halides is 2. The van der Waals surface area contributed by atoms with E-state index >= 15 is 0 Å². The summed E-state index contributed by atoms with van der Waals surface area (Å²) >= 11 is 0. The zero-order valence-corrected chi connectivity index (χ0v) is 17.4. The molecule has 3 aromatic rings. The molecule has 0 aliphatic rings. The van der Waals surface area contributed by atoms with Crippen LogP contribution in [-0.4, -0.2) is 21.0 Å². The maximum atomic E-state index is 13.6. The van der Waals surface area contributed by atoms with Crippen molar-refractivity contribution in [2.24, 2.45) is 0 Å². The Hall–Kier alpha value is -3.39. The number of amides is 1. The normalized spacial score (nSPS) is 11.8. The van der Waals surface area contributed by atoms with Gasteiger partial charge in [0.15, 0.2) is 0 Å². The molecular formula is C23H23F2N3O3. The van der Waals surface area contributed by atoms with Crippen LogP contribution in [0.2, 0.25) is 0 Å². The third-order valence-electron chi connectivity index (χ3n) is 4.59. The lowest BCUT2D eigenvalue weighted by Gasteiger charge is -2.18. The maximum absolute atomic E-state index is 13.6. The first kappa shape index (κ1) is 22.3. The molecule has 31 heavy (non-hydrogen) atoms. The van der Waals surface area contributed by atoms with Gasteiger partial charge >= 0.3 is 0 Å². The molecule has 0 fully saturated rings. The van der Waals surface area contributed by atoms with Gasteiger partial charge in [-0.3, -0.25) is 4.79 Å². The van der Waals surface area contributed by atoms with Gasteiger partial charge < -0.3 is 15.2 Å². The van der Waals surface area contributed by atoms with Crippen LogP contribution in [0.3, 0.4) is 0 Å². The second-order valence-electron chi connectivity index (χ2n) is 7.70. The third kappa shape index (κ3) is 5.82. The second-order valence-corrected chi connectivity index (χ2v) is 7.70. The lowest BCUT2D eigenvalue weighted by Crippen LogP contribution is -2.24. The predicted molar refractivity (Wildman–Crippen MR) is 111 cm³/mol. The molecule has 0 saturated carbocycles. The Kier molecular flexibility index (Phi) is 6.31. The van der Waals surface area contributed by atoms with Crippen LogP contribution in [0.5, 0.6) is 11.6 Å². The Morgan fingerprint density at radius 1 is 1.10 bits per heavy atom. The van der Waals surface area contributed by atoms with E-state index in [1.807, 2.05) is 12.1 Å². The van der Waals surface area contributed by atoms with E-state index in [0.29, 0.717) is 0 Å². The Bertz CT molecular complexity index is 1060. The topological polar surface area (TPSA) is 84.3 Å². The number of benzene rings is 2. The van der Waals surface area contributed by atoms with Crippen molar-refractivity contribution in [3.8, 4) is 11.6 Å². The molecule has 8 heteroatoms. The summed E-state index contributed by atoms with van der Waals surface area (Å²) < 4.78 is 32.7. The quantitative estimate of drug-likeness (QED) is 0.578. The van der Waals surface area contributed by atoms with Crippen molar-refractivity contribution in [2.45, 2.75) is 38.8 Å². The first-order valence-electron chi connectivity index (χ1n) is 9.60. The molecule has 2 N–H and O–H groups in total. The molecule has 0 radical (unpaired) electrons. The number of rotatable bonds is 7. The van der Waals surface area contributed by atoms with Gasteiger partial charge in [0.2, 0.25) is 5.88 Å². The SMILES string of the molecule is CC(C)(O)c1ccc(CNC(=O)c2cncnc2Oc2cccc(C(C)(F)F)c2)cc1. The number of hydrogen-bond donors (Lipinski definition) is 2. The van der Waals surface area contributed by atoms with Gasteiger partial charge in [-0.1, -0.05) is 36.4 Å². The minimum Gasteiger partial charge on any atom is -0.438 e. The van der Waals surface area contributed by atoms with Gasteiger partial charge in [-0.15, -0.1) is 0 Å². The fourth-order valence-corrected chi connectivity index (χ4v) is 2.81. The zero-order chi connectivity index (χ0) is 22.6. The Morgan fingerprint density at radius 2 is 1.81 bits per heavy atom. The molecule has 6 nitrogen and oxygen atoms in total. The minimum absolute atomic E-state index is 0.0403. The molecule has 3 rings (SSSR count). The number of nitrogens with zero attached hydrogens (tertiary/aromatic N) is 2. The van der Waals surface area contributed by atoms with Gasteiger partial charge in [0.05, 0.1) is 5.60 Å². The van der Waals surface area contributed by atoms with Crippen molar-refractivity contribution < 1.29 is 23.4 Å². The smallest absolute Gasteiger partial charge is 0.270 e. The molecule has 0 aliphatic carbocycles. The van der Waals surface area contributed by atoms with E-state index in [1.165, 1.54) is 36.8 Å². The molecule has 1 amide bonds. The lowest BCUT2D eigenvalue weighted by atomic mass is 9.97. The van der Waals surface area contributed by atoms with Gasteiger partial charge in [-0.05, 0) is 37.1 Å². The van der Waals surface area contributed by atoms with Gasteiger partial charge in [0.1, 0.15) is 17.6 Å². The number of ether oxygens (including phenoxy) is 1. The summed E-state index contributed by atoms with van der Waals surface area (Å²) in [6, 6.07) is 12.6. The number of halogens is 2. The summed E-state index contributed by atoms with van der Waals surface area (Å²) in [6.45, 7) is 4.41. The molecule has 1 aromatic heterocycles. The summed E-state index contributed by atoms with van der Waals surface area (Å²) in [5, 5.41) is 12.8. The predicted octanol–water partition coefficient (Wildman–Crippen LogP) is 4.54. The fraction of sp³-hybridized carbons (Fsp3) is 0.261. The van der Waals surface area contributed by atoms with Crippen LogP contribution in [-0.2, 0) is 18.1 Å². The molecule has 0 unspecified atom stereocenters. The van der Waals surface area contributed by atoms with Gasteiger partial charge in [-0.25, -0.2) is 18.7 Å². The summed E-state index contributed by atoms with van der Waals surface area (Å²) in [7, 11) is 0. The van der Waals surface area contributed by atoms with E-state index in [-0.39, 0.29) is 29.3 Å². The third-order valence-corrected chi connectivity index (χ3v) is 4.59.